The zero-order chi connectivity index (χ0) is 14.7. The zero-order valence-corrected chi connectivity index (χ0v) is 12.3. The van der Waals surface area contributed by atoms with Crippen LogP contribution in [0.15, 0.2) is 42.7 Å². The predicted octanol–water partition coefficient (Wildman–Crippen LogP) is 1.82. The van der Waals surface area contributed by atoms with Crippen molar-refractivity contribution in [2.75, 3.05) is 36.0 Å². The van der Waals surface area contributed by atoms with E-state index in [0.29, 0.717) is 0 Å². The Morgan fingerprint density at radius 3 is 2.24 bits per heavy atom. The Hall–Kier alpha value is -2.14. The van der Waals surface area contributed by atoms with Gasteiger partial charge < -0.3 is 15.5 Å². The van der Waals surface area contributed by atoms with Crippen molar-refractivity contribution in [3.05, 3.63) is 48.3 Å². The molecule has 2 N–H and O–H groups in total. The van der Waals surface area contributed by atoms with Crippen LogP contribution >= 0.6 is 0 Å². The van der Waals surface area contributed by atoms with Gasteiger partial charge in [-0.05, 0) is 24.6 Å². The van der Waals surface area contributed by atoms with Crippen LogP contribution in [0.4, 0.5) is 11.6 Å². The fourth-order valence-corrected chi connectivity index (χ4v) is 2.76. The van der Waals surface area contributed by atoms with E-state index in [9.17, 15) is 0 Å². The number of nitrogens with two attached hydrogens (primary N) is 1. The minimum atomic E-state index is 0.0525. The molecule has 0 aliphatic carbocycles. The van der Waals surface area contributed by atoms with Gasteiger partial charge in [0, 0.05) is 50.3 Å². The first-order valence-electron chi connectivity index (χ1n) is 7.37. The molecule has 1 saturated heterocycles. The molecule has 1 atom stereocenters. The van der Waals surface area contributed by atoms with Gasteiger partial charge in [-0.2, -0.15) is 0 Å². The molecule has 0 radical (unpaired) electrons. The second kappa shape index (κ2) is 6.10. The van der Waals surface area contributed by atoms with Crippen molar-refractivity contribution in [1.29, 1.82) is 0 Å². The van der Waals surface area contributed by atoms with Gasteiger partial charge in [0.1, 0.15) is 0 Å². The fourth-order valence-electron chi connectivity index (χ4n) is 2.76. The van der Waals surface area contributed by atoms with Crippen LogP contribution in [0.5, 0.6) is 0 Å². The Morgan fingerprint density at radius 1 is 0.952 bits per heavy atom. The van der Waals surface area contributed by atoms with E-state index in [2.05, 4.69) is 44.0 Å². The highest BCUT2D eigenvalue weighted by Crippen LogP contribution is 2.26. The minimum absolute atomic E-state index is 0.0525. The number of anilines is 2. The minimum Gasteiger partial charge on any atom is -0.368 e. The lowest BCUT2D eigenvalue weighted by atomic mass is 10.1. The normalized spacial score (nSPS) is 16.9. The molecule has 1 aliphatic heterocycles. The summed E-state index contributed by atoms with van der Waals surface area (Å²) in [5.41, 5.74) is 8.54. The maximum Gasteiger partial charge on any atom is 0.225 e. The molecular weight excluding hydrogens is 262 g/mol. The van der Waals surface area contributed by atoms with Crippen LogP contribution < -0.4 is 15.5 Å². The SMILES string of the molecule is C[C@@H](N)c1ccccc1N1CCN(c2ncccn2)CC1. The lowest BCUT2D eigenvalue weighted by Crippen LogP contribution is -2.47. The summed E-state index contributed by atoms with van der Waals surface area (Å²) in [6.07, 6.45) is 3.58. The topological polar surface area (TPSA) is 58.3 Å². The van der Waals surface area contributed by atoms with Crippen molar-refractivity contribution >= 4 is 11.6 Å². The predicted molar refractivity (Wildman–Crippen MR) is 85.5 cm³/mol. The summed E-state index contributed by atoms with van der Waals surface area (Å²) < 4.78 is 0. The van der Waals surface area contributed by atoms with Crippen LogP contribution in [0.3, 0.4) is 0 Å². The molecule has 5 nitrogen and oxygen atoms in total. The molecule has 1 fully saturated rings. The Balaban J connectivity index is 1.72. The lowest BCUT2D eigenvalue weighted by molar-refractivity contribution is 0.635. The number of aromatic nitrogens is 2. The van der Waals surface area contributed by atoms with Crippen molar-refractivity contribution in [2.24, 2.45) is 5.73 Å². The summed E-state index contributed by atoms with van der Waals surface area (Å²) >= 11 is 0. The van der Waals surface area contributed by atoms with Crippen LogP contribution in [-0.2, 0) is 0 Å². The van der Waals surface area contributed by atoms with E-state index < -0.39 is 0 Å². The van der Waals surface area contributed by atoms with E-state index in [-0.39, 0.29) is 6.04 Å². The molecule has 3 rings (SSSR count). The molecule has 0 amide bonds. The largest absolute Gasteiger partial charge is 0.368 e. The highest BCUT2D eigenvalue weighted by atomic mass is 15.3. The van der Waals surface area contributed by atoms with Gasteiger partial charge in [-0.15, -0.1) is 0 Å². The number of rotatable bonds is 3. The standard InChI is InChI=1S/C16H21N5/c1-13(17)14-5-2-3-6-15(14)20-9-11-21(12-10-20)16-18-7-4-8-19-16/h2-8,13H,9-12,17H2,1H3/t13-/m1/s1. The first-order chi connectivity index (χ1) is 10.3. The number of piperazine rings is 1. The molecule has 0 saturated carbocycles. The van der Waals surface area contributed by atoms with Crippen molar-refractivity contribution < 1.29 is 0 Å². The number of benzene rings is 1. The summed E-state index contributed by atoms with van der Waals surface area (Å²) in [7, 11) is 0. The van der Waals surface area contributed by atoms with Crippen LogP contribution in [0, 0.1) is 0 Å². The first-order valence-corrected chi connectivity index (χ1v) is 7.37. The molecule has 1 aromatic heterocycles. The lowest BCUT2D eigenvalue weighted by Gasteiger charge is -2.37. The van der Waals surface area contributed by atoms with E-state index >= 15 is 0 Å². The van der Waals surface area contributed by atoms with Crippen molar-refractivity contribution in [2.45, 2.75) is 13.0 Å². The van der Waals surface area contributed by atoms with Crippen LogP contribution in [0.2, 0.25) is 0 Å². The third-order valence-corrected chi connectivity index (χ3v) is 3.88. The summed E-state index contributed by atoms with van der Waals surface area (Å²) in [5.74, 6) is 0.817. The Morgan fingerprint density at radius 2 is 1.57 bits per heavy atom. The monoisotopic (exact) mass is 283 g/mol. The number of nitrogens with zero attached hydrogens (tertiary/aromatic N) is 4. The second-order valence-corrected chi connectivity index (χ2v) is 5.37. The van der Waals surface area contributed by atoms with E-state index in [4.69, 9.17) is 5.73 Å². The zero-order valence-electron chi connectivity index (χ0n) is 12.3. The molecule has 2 heterocycles. The molecule has 0 unspecified atom stereocenters. The van der Waals surface area contributed by atoms with Gasteiger partial charge in [-0.1, -0.05) is 18.2 Å². The van der Waals surface area contributed by atoms with E-state index in [1.165, 1.54) is 11.3 Å². The second-order valence-electron chi connectivity index (χ2n) is 5.37. The Kier molecular flexibility index (Phi) is 4.01. The summed E-state index contributed by atoms with van der Waals surface area (Å²) in [6.45, 7) is 5.81. The van der Waals surface area contributed by atoms with Gasteiger partial charge in [-0.25, -0.2) is 9.97 Å². The van der Waals surface area contributed by atoms with Crippen LogP contribution in [0.25, 0.3) is 0 Å². The molecule has 0 bridgehead atoms. The Bertz CT molecular complexity index is 576. The quantitative estimate of drug-likeness (QED) is 0.931. The molecule has 5 heteroatoms. The number of hydrogen-bond acceptors (Lipinski definition) is 5. The number of hydrogen-bond donors (Lipinski definition) is 1. The smallest absolute Gasteiger partial charge is 0.225 e. The van der Waals surface area contributed by atoms with E-state index in [0.717, 1.165) is 32.1 Å². The van der Waals surface area contributed by atoms with Crippen LogP contribution in [0.1, 0.15) is 18.5 Å². The van der Waals surface area contributed by atoms with Gasteiger partial charge in [0.2, 0.25) is 5.95 Å². The van der Waals surface area contributed by atoms with Gasteiger partial charge in [0.25, 0.3) is 0 Å². The Labute approximate surface area is 125 Å². The van der Waals surface area contributed by atoms with E-state index in [1.807, 2.05) is 13.0 Å². The average molecular weight is 283 g/mol. The van der Waals surface area contributed by atoms with Crippen molar-refractivity contribution in [3.63, 3.8) is 0 Å². The summed E-state index contributed by atoms with van der Waals surface area (Å²) in [6, 6.07) is 10.3. The fraction of sp³-hybridized carbons (Fsp3) is 0.375. The molecule has 1 aliphatic rings. The van der Waals surface area contributed by atoms with Gasteiger partial charge in [0.15, 0.2) is 0 Å². The highest BCUT2D eigenvalue weighted by molar-refractivity contribution is 5.56. The van der Waals surface area contributed by atoms with Gasteiger partial charge in [0.05, 0.1) is 0 Å². The molecule has 2 aromatic rings. The average Bonchev–Trinajstić information content (AvgIpc) is 2.56. The molecular formula is C16H21N5. The number of para-hydroxylation sites is 1. The first kappa shape index (κ1) is 13.8. The molecule has 1 aromatic carbocycles. The van der Waals surface area contributed by atoms with Gasteiger partial charge in [-0.3, -0.25) is 0 Å². The third kappa shape index (κ3) is 2.97. The third-order valence-electron chi connectivity index (χ3n) is 3.88. The molecule has 0 spiro atoms. The van der Waals surface area contributed by atoms with E-state index in [1.54, 1.807) is 12.4 Å². The summed E-state index contributed by atoms with van der Waals surface area (Å²) in [4.78, 5) is 13.3. The van der Waals surface area contributed by atoms with Crippen molar-refractivity contribution in [1.82, 2.24) is 9.97 Å². The summed E-state index contributed by atoms with van der Waals surface area (Å²) in [5, 5.41) is 0. The maximum atomic E-state index is 6.08. The maximum absolute atomic E-state index is 6.08. The highest BCUT2D eigenvalue weighted by Gasteiger charge is 2.21. The molecule has 21 heavy (non-hydrogen) atoms. The van der Waals surface area contributed by atoms with Crippen molar-refractivity contribution in [3.8, 4) is 0 Å². The van der Waals surface area contributed by atoms with Gasteiger partial charge >= 0.3 is 0 Å². The van der Waals surface area contributed by atoms with Crippen LogP contribution in [-0.4, -0.2) is 36.1 Å². The molecule has 110 valence electrons.